The van der Waals surface area contributed by atoms with Gasteiger partial charge in [0.05, 0.1) is 0 Å². The van der Waals surface area contributed by atoms with Gasteiger partial charge in [-0.1, -0.05) is 6.58 Å². The van der Waals surface area contributed by atoms with E-state index >= 15 is 0 Å². The van der Waals surface area contributed by atoms with E-state index in [0.29, 0.717) is 0 Å². The van der Waals surface area contributed by atoms with Crippen LogP contribution in [-0.2, 0) is 9.59 Å². The molecule has 0 unspecified atom stereocenters. The number of hydrogen-bond donors (Lipinski definition) is 3. The molecule has 0 saturated heterocycles. The molecule has 0 atom stereocenters. The lowest BCUT2D eigenvalue weighted by atomic mass is 10.4. The molecule has 4 N–H and O–H groups in total. The van der Waals surface area contributed by atoms with Crippen molar-refractivity contribution in [3.05, 3.63) is 12.7 Å². The summed E-state index contributed by atoms with van der Waals surface area (Å²) in [4.78, 5) is 21.5. The van der Waals surface area contributed by atoms with Crippen LogP contribution in [0.15, 0.2) is 12.7 Å². The minimum Gasteiger partial charge on any atom is -0.376 e. The summed E-state index contributed by atoms with van der Waals surface area (Å²) in [6.07, 6.45) is 1.27. The van der Waals surface area contributed by atoms with Crippen molar-refractivity contribution in [2.75, 3.05) is 6.54 Å². The Morgan fingerprint density at radius 3 is 2.62 bits per heavy atom. The molecule has 0 aliphatic heterocycles. The van der Waals surface area contributed by atoms with E-state index in [1.165, 1.54) is 0 Å². The zero-order valence-corrected chi connectivity index (χ0v) is 7.82. The van der Waals surface area contributed by atoms with Crippen LogP contribution >= 0.6 is 12.2 Å². The van der Waals surface area contributed by atoms with Crippen molar-refractivity contribution in [1.29, 1.82) is 0 Å². The Hall–Kier alpha value is -1.43. The molecular weight excluding hydrogens is 190 g/mol. The average Bonchev–Trinajstić information content (AvgIpc) is 2.02. The molecule has 0 radical (unpaired) electrons. The first-order valence-corrected chi connectivity index (χ1v) is 3.96. The maximum absolute atomic E-state index is 10.9. The Morgan fingerprint density at radius 1 is 1.54 bits per heavy atom. The smallest absolute Gasteiger partial charge is 0.243 e. The second-order valence-electron chi connectivity index (χ2n) is 2.16. The third-order valence-electron chi connectivity index (χ3n) is 1.10. The molecule has 72 valence electrons. The third-order valence-corrected chi connectivity index (χ3v) is 1.20. The standard InChI is InChI=1S/C7H11N3O2S/c1-2-5(11)9-4-3-6(12)10-7(8)13/h2H,1,3-4H2,(H,9,11)(H3,8,10,12,13). The van der Waals surface area contributed by atoms with Crippen molar-refractivity contribution < 1.29 is 9.59 Å². The van der Waals surface area contributed by atoms with E-state index in [4.69, 9.17) is 5.73 Å². The molecule has 0 aliphatic rings. The molecule has 0 aromatic heterocycles. The molecule has 0 aromatic carbocycles. The summed E-state index contributed by atoms with van der Waals surface area (Å²) in [5.41, 5.74) is 5.05. The van der Waals surface area contributed by atoms with E-state index in [2.05, 4.69) is 29.4 Å². The summed E-state index contributed by atoms with van der Waals surface area (Å²) in [5.74, 6) is -0.639. The summed E-state index contributed by atoms with van der Waals surface area (Å²) in [6.45, 7) is 3.49. The lowest BCUT2D eigenvalue weighted by Crippen LogP contribution is -2.36. The van der Waals surface area contributed by atoms with Gasteiger partial charge >= 0.3 is 0 Å². The van der Waals surface area contributed by atoms with Gasteiger partial charge in [0.15, 0.2) is 5.11 Å². The predicted octanol–water partition coefficient (Wildman–Crippen LogP) is -0.962. The van der Waals surface area contributed by atoms with Crippen molar-refractivity contribution in [3.63, 3.8) is 0 Å². The summed E-state index contributed by atoms with van der Waals surface area (Å²) >= 11 is 4.44. The summed E-state index contributed by atoms with van der Waals surface area (Å²) < 4.78 is 0. The molecule has 13 heavy (non-hydrogen) atoms. The third kappa shape index (κ3) is 6.95. The van der Waals surface area contributed by atoms with Gasteiger partial charge in [0.25, 0.3) is 0 Å². The maximum atomic E-state index is 10.9. The van der Waals surface area contributed by atoms with E-state index in [9.17, 15) is 9.59 Å². The van der Waals surface area contributed by atoms with Crippen LogP contribution in [0.4, 0.5) is 0 Å². The molecule has 0 aromatic rings. The molecular formula is C7H11N3O2S. The van der Waals surface area contributed by atoms with Gasteiger partial charge in [-0.2, -0.15) is 0 Å². The van der Waals surface area contributed by atoms with E-state index in [1.807, 2.05) is 0 Å². The molecule has 0 bridgehead atoms. The van der Waals surface area contributed by atoms with Gasteiger partial charge in [-0.3, -0.25) is 9.59 Å². The summed E-state index contributed by atoms with van der Waals surface area (Å²) in [6, 6.07) is 0. The van der Waals surface area contributed by atoms with Crippen molar-refractivity contribution in [1.82, 2.24) is 10.6 Å². The first kappa shape index (κ1) is 11.6. The SMILES string of the molecule is C=CC(=O)NCCC(=O)NC(N)=S. The fourth-order valence-corrected chi connectivity index (χ4v) is 0.685. The van der Waals surface area contributed by atoms with Crippen LogP contribution in [0.3, 0.4) is 0 Å². The summed E-state index contributed by atoms with van der Waals surface area (Å²) in [5, 5.41) is 4.59. The number of thiocarbonyl (C=S) groups is 1. The van der Waals surface area contributed by atoms with Gasteiger partial charge in [0.1, 0.15) is 0 Å². The monoisotopic (exact) mass is 201 g/mol. The Balaban J connectivity index is 3.53. The molecule has 5 nitrogen and oxygen atoms in total. The quantitative estimate of drug-likeness (QED) is 0.404. The van der Waals surface area contributed by atoms with Gasteiger partial charge in [-0.15, -0.1) is 0 Å². The van der Waals surface area contributed by atoms with Crippen LogP contribution in [0.2, 0.25) is 0 Å². The van der Waals surface area contributed by atoms with Crippen molar-refractivity contribution in [2.45, 2.75) is 6.42 Å². The number of carbonyl (C=O) groups is 2. The van der Waals surface area contributed by atoms with Crippen LogP contribution in [0.25, 0.3) is 0 Å². The highest BCUT2D eigenvalue weighted by atomic mass is 32.1. The number of carbonyl (C=O) groups excluding carboxylic acids is 2. The zero-order chi connectivity index (χ0) is 10.3. The van der Waals surface area contributed by atoms with Gasteiger partial charge in [-0.05, 0) is 18.3 Å². The minimum atomic E-state index is -0.322. The molecule has 0 fully saturated rings. The predicted molar refractivity (Wildman–Crippen MR) is 52.8 cm³/mol. The van der Waals surface area contributed by atoms with Crippen LogP contribution in [-0.4, -0.2) is 23.5 Å². The largest absolute Gasteiger partial charge is 0.376 e. The molecule has 0 spiro atoms. The zero-order valence-electron chi connectivity index (χ0n) is 7.00. The Bertz CT molecular complexity index is 240. The highest BCUT2D eigenvalue weighted by Gasteiger charge is 2.01. The van der Waals surface area contributed by atoms with E-state index in [1.54, 1.807) is 0 Å². The van der Waals surface area contributed by atoms with Crippen molar-refractivity contribution in [3.8, 4) is 0 Å². The highest BCUT2D eigenvalue weighted by Crippen LogP contribution is 1.77. The molecule has 0 saturated carbocycles. The summed E-state index contributed by atoms with van der Waals surface area (Å²) in [7, 11) is 0. The number of hydrogen-bond acceptors (Lipinski definition) is 3. The van der Waals surface area contributed by atoms with Crippen LogP contribution in [0.5, 0.6) is 0 Å². The van der Waals surface area contributed by atoms with Crippen LogP contribution in [0, 0.1) is 0 Å². The van der Waals surface area contributed by atoms with Crippen LogP contribution in [0.1, 0.15) is 6.42 Å². The maximum Gasteiger partial charge on any atom is 0.243 e. The molecule has 6 heteroatoms. The fraction of sp³-hybridized carbons (Fsp3) is 0.286. The molecule has 0 aliphatic carbocycles. The van der Waals surface area contributed by atoms with Gasteiger partial charge in [0, 0.05) is 13.0 Å². The Kier molecular flexibility index (Phi) is 5.45. The number of nitrogens with one attached hydrogen (secondary N) is 2. The second-order valence-corrected chi connectivity index (χ2v) is 2.60. The lowest BCUT2D eigenvalue weighted by Gasteiger charge is -2.02. The topological polar surface area (TPSA) is 84.2 Å². The average molecular weight is 201 g/mol. The van der Waals surface area contributed by atoms with Crippen molar-refractivity contribution in [2.24, 2.45) is 5.73 Å². The van der Waals surface area contributed by atoms with E-state index in [0.717, 1.165) is 6.08 Å². The molecule has 2 amide bonds. The molecule has 0 rings (SSSR count). The number of nitrogens with two attached hydrogens (primary N) is 1. The van der Waals surface area contributed by atoms with Gasteiger partial charge in [-0.25, -0.2) is 0 Å². The van der Waals surface area contributed by atoms with E-state index < -0.39 is 0 Å². The molecule has 0 heterocycles. The lowest BCUT2D eigenvalue weighted by molar-refractivity contribution is -0.119. The fourth-order valence-electron chi connectivity index (χ4n) is 0.571. The van der Waals surface area contributed by atoms with Crippen LogP contribution < -0.4 is 16.4 Å². The first-order valence-electron chi connectivity index (χ1n) is 3.56. The Morgan fingerprint density at radius 2 is 2.15 bits per heavy atom. The number of amides is 2. The van der Waals surface area contributed by atoms with Crippen molar-refractivity contribution >= 4 is 29.1 Å². The van der Waals surface area contributed by atoms with Gasteiger partial charge < -0.3 is 16.4 Å². The highest BCUT2D eigenvalue weighted by molar-refractivity contribution is 7.80. The van der Waals surface area contributed by atoms with E-state index in [-0.39, 0.29) is 29.9 Å². The van der Waals surface area contributed by atoms with Gasteiger partial charge in [0.2, 0.25) is 11.8 Å². The Labute approximate surface area is 81.4 Å². The first-order chi connectivity index (χ1) is 6.06. The minimum absolute atomic E-state index is 0.0694. The number of rotatable bonds is 4. The second kappa shape index (κ2) is 6.13. The normalized spacial score (nSPS) is 8.62.